The summed E-state index contributed by atoms with van der Waals surface area (Å²) in [6, 6.07) is 3.25. The van der Waals surface area contributed by atoms with Crippen molar-refractivity contribution in [2.24, 2.45) is 28.3 Å². The topological polar surface area (TPSA) is 153 Å². The van der Waals surface area contributed by atoms with Crippen LogP contribution in [0.15, 0.2) is 23.2 Å². The van der Waals surface area contributed by atoms with Crippen molar-refractivity contribution < 1.29 is 28.2 Å². The number of halogens is 1. The van der Waals surface area contributed by atoms with Crippen LogP contribution in [-0.2, 0) is 16.0 Å². The molecule has 240 valence electrons. The number of piperidine rings is 1. The van der Waals surface area contributed by atoms with Gasteiger partial charge in [0.15, 0.2) is 0 Å². The Labute approximate surface area is 254 Å². The maximum absolute atomic E-state index is 15.1. The Balaban J connectivity index is 1.49. The minimum absolute atomic E-state index is 0.0349. The number of nitrogens with one attached hydrogen (secondary N) is 1. The summed E-state index contributed by atoms with van der Waals surface area (Å²) in [6.45, 7) is 11.2. The Kier molecular flexibility index (Phi) is 12.2. The molecule has 43 heavy (non-hydrogen) atoms. The number of hydrogen-bond acceptors (Lipinski definition) is 6. The number of amidine groups is 1. The van der Waals surface area contributed by atoms with Gasteiger partial charge in [0.25, 0.3) is 0 Å². The molecular formula is C31H49FN6O5. The maximum atomic E-state index is 15.1. The number of benzene rings is 1. The van der Waals surface area contributed by atoms with Crippen LogP contribution in [0.1, 0.15) is 78.7 Å². The predicted octanol–water partition coefficient (Wildman–Crippen LogP) is 4.17. The molecule has 12 heteroatoms. The van der Waals surface area contributed by atoms with Crippen LogP contribution in [0.4, 0.5) is 14.0 Å². The molecule has 11 nitrogen and oxygen atoms in total. The Morgan fingerprint density at radius 1 is 1.14 bits per heavy atom. The SMILES string of the molecule is CC(C)C(N)=NC(=O)N1CCC(CCCOc2ccc(C[C@H](NC(=O)OC(C)(C)C)C(=O)N3CCC[C@H]3N)c(F)c2)CC1. The minimum atomic E-state index is -1.03. The normalized spacial score (nSPS) is 19.0. The summed E-state index contributed by atoms with van der Waals surface area (Å²) >= 11 is 0. The van der Waals surface area contributed by atoms with Gasteiger partial charge >= 0.3 is 12.1 Å². The van der Waals surface area contributed by atoms with Crippen molar-refractivity contribution in [2.75, 3.05) is 26.2 Å². The molecule has 0 aromatic heterocycles. The fourth-order valence-electron chi connectivity index (χ4n) is 5.20. The van der Waals surface area contributed by atoms with Crippen molar-refractivity contribution in [3.8, 4) is 5.75 Å². The van der Waals surface area contributed by atoms with Crippen molar-refractivity contribution in [3.63, 3.8) is 0 Å². The van der Waals surface area contributed by atoms with Crippen LogP contribution in [0, 0.1) is 17.7 Å². The number of carbonyl (C=O) groups is 3. The van der Waals surface area contributed by atoms with E-state index in [0.29, 0.717) is 50.2 Å². The highest BCUT2D eigenvalue weighted by molar-refractivity contribution is 5.93. The molecule has 2 heterocycles. The van der Waals surface area contributed by atoms with E-state index >= 15 is 4.39 Å². The molecule has 2 aliphatic heterocycles. The Morgan fingerprint density at radius 2 is 1.84 bits per heavy atom. The van der Waals surface area contributed by atoms with Crippen LogP contribution in [-0.4, -0.2) is 77.7 Å². The van der Waals surface area contributed by atoms with Crippen molar-refractivity contribution in [3.05, 3.63) is 29.6 Å². The van der Waals surface area contributed by atoms with Crippen LogP contribution in [0.5, 0.6) is 5.75 Å². The molecule has 0 saturated carbocycles. The molecule has 2 saturated heterocycles. The third kappa shape index (κ3) is 10.7. The maximum Gasteiger partial charge on any atom is 0.408 e. The molecule has 0 bridgehead atoms. The number of nitrogens with zero attached hydrogens (tertiary/aromatic N) is 3. The number of amides is 4. The summed E-state index contributed by atoms with van der Waals surface area (Å²) in [5, 5.41) is 2.62. The number of urea groups is 1. The van der Waals surface area contributed by atoms with Gasteiger partial charge in [-0.05, 0) is 76.8 Å². The van der Waals surface area contributed by atoms with E-state index in [1.807, 2.05) is 13.8 Å². The molecular weight excluding hydrogens is 555 g/mol. The molecule has 5 N–H and O–H groups in total. The van der Waals surface area contributed by atoms with Crippen molar-refractivity contribution in [1.82, 2.24) is 15.1 Å². The summed E-state index contributed by atoms with van der Waals surface area (Å²) in [4.78, 5) is 45.3. The molecule has 2 atom stereocenters. The number of nitrogens with two attached hydrogens (primary N) is 2. The zero-order valence-corrected chi connectivity index (χ0v) is 26.2. The first-order chi connectivity index (χ1) is 20.2. The number of rotatable bonds is 10. The largest absolute Gasteiger partial charge is 0.493 e. The second-order valence-electron chi connectivity index (χ2n) is 12.8. The van der Waals surface area contributed by atoms with Gasteiger partial charge in [0.05, 0.1) is 12.8 Å². The summed E-state index contributed by atoms with van der Waals surface area (Å²) in [5.41, 5.74) is 11.4. The van der Waals surface area contributed by atoms with Crippen LogP contribution >= 0.6 is 0 Å². The number of carbonyl (C=O) groups excluding carboxylic acids is 3. The molecule has 4 amide bonds. The monoisotopic (exact) mass is 604 g/mol. The van der Waals surface area contributed by atoms with E-state index in [2.05, 4.69) is 10.3 Å². The summed E-state index contributed by atoms with van der Waals surface area (Å²) in [7, 11) is 0. The Bertz CT molecular complexity index is 1150. The van der Waals surface area contributed by atoms with Crippen LogP contribution in [0.2, 0.25) is 0 Å². The lowest BCUT2D eigenvalue weighted by molar-refractivity contribution is -0.134. The summed E-state index contributed by atoms with van der Waals surface area (Å²) < 4.78 is 26.3. The summed E-state index contributed by atoms with van der Waals surface area (Å²) in [5.74, 6) is 0.378. The van der Waals surface area contributed by atoms with Gasteiger partial charge in [0.1, 0.15) is 29.0 Å². The Hall–Kier alpha value is -3.41. The average Bonchev–Trinajstić information content (AvgIpc) is 3.36. The lowest BCUT2D eigenvalue weighted by Crippen LogP contribution is -2.53. The molecule has 0 unspecified atom stereocenters. The molecule has 2 aliphatic rings. The number of aliphatic imine (C=N–C) groups is 1. The molecule has 0 aliphatic carbocycles. The fraction of sp³-hybridized carbons (Fsp3) is 0.677. The number of ether oxygens (including phenoxy) is 2. The van der Waals surface area contributed by atoms with Crippen LogP contribution < -0.4 is 21.5 Å². The summed E-state index contributed by atoms with van der Waals surface area (Å²) in [6.07, 6.45) is 3.74. The van der Waals surface area contributed by atoms with E-state index in [1.165, 1.54) is 11.0 Å². The number of likely N-dealkylation sites (tertiary alicyclic amines) is 2. The fourth-order valence-corrected chi connectivity index (χ4v) is 5.20. The standard InChI is InChI=1S/C31H49FN6O5/c1-20(2)27(34)36-29(40)37-15-12-21(13-16-37)8-7-17-42-23-11-10-22(24(32)19-23)18-25(35-30(41)43-31(3,4)5)28(39)38-14-6-9-26(38)33/h10-11,19-21,25-26H,6-9,12-18,33H2,1-5H3,(H,35,41)(H2,34,36,40)/t25-,26-/m0/s1. The molecule has 0 radical (unpaired) electrons. The molecule has 2 fully saturated rings. The lowest BCUT2D eigenvalue weighted by atomic mass is 9.92. The highest BCUT2D eigenvalue weighted by Gasteiger charge is 2.33. The van der Waals surface area contributed by atoms with E-state index in [0.717, 1.165) is 32.1 Å². The first-order valence-electron chi connectivity index (χ1n) is 15.3. The van der Waals surface area contributed by atoms with Gasteiger partial charge in [-0.1, -0.05) is 19.9 Å². The molecule has 3 rings (SSSR count). The number of alkyl carbamates (subject to hydrolysis) is 1. The van der Waals surface area contributed by atoms with Gasteiger partial charge in [-0.2, -0.15) is 4.99 Å². The van der Waals surface area contributed by atoms with Crippen LogP contribution in [0.25, 0.3) is 0 Å². The van der Waals surface area contributed by atoms with Gasteiger partial charge in [-0.25, -0.2) is 14.0 Å². The Morgan fingerprint density at radius 3 is 2.42 bits per heavy atom. The smallest absolute Gasteiger partial charge is 0.408 e. The van der Waals surface area contributed by atoms with Gasteiger partial charge in [0, 0.05) is 38.0 Å². The van der Waals surface area contributed by atoms with Crippen molar-refractivity contribution in [1.29, 1.82) is 0 Å². The van der Waals surface area contributed by atoms with Gasteiger partial charge in [0.2, 0.25) is 5.91 Å². The van der Waals surface area contributed by atoms with Gasteiger partial charge < -0.3 is 36.1 Å². The van der Waals surface area contributed by atoms with E-state index in [9.17, 15) is 14.4 Å². The van der Waals surface area contributed by atoms with Crippen molar-refractivity contribution in [2.45, 2.75) is 97.4 Å². The third-order valence-corrected chi connectivity index (χ3v) is 7.75. The zero-order chi connectivity index (χ0) is 31.7. The van der Waals surface area contributed by atoms with E-state index in [-0.39, 0.29) is 29.8 Å². The highest BCUT2D eigenvalue weighted by atomic mass is 19.1. The van der Waals surface area contributed by atoms with E-state index in [4.69, 9.17) is 20.9 Å². The first kappa shape index (κ1) is 34.1. The predicted molar refractivity (Wildman–Crippen MR) is 163 cm³/mol. The third-order valence-electron chi connectivity index (χ3n) is 7.75. The van der Waals surface area contributed by atoms with Gasteiger partial charge in [-0.15, -0.1) is 0 Å². The molecule has 1 aromatic carbocycles. The lowest BCUT2D eigenvalue weighted by Gasteiger charge is -2.30. The quantitative estimate of drug-likeness (QED) is 0.206. The van der Waals surface area contributed by atoms with Gasteiger partial charge in [-0.3, -0.25) is 4.79 Å². The minimum Gasteiger partial charge on any atom is -0.493 e. The van der Waals surface area contributed by atoms with E-state index < -0.39 is 29.7 Å². The first-order valence-corrected chi connectivity index (χ1v) is 15.3. The van der Waals surface area contributed by atoms with Crippen LogP contribution in [0.3, 0.4) is 0 Å². The second-order valence-corrected chi connectivity index (χ2v) is 12.8. The zero-order valence-electron chi connectivity index (χ0n) is 26.2. The van der Waals surface area contributed by atoms with Crippen molar-refractivity contribution >= 4 is 23.9 Å². The highest BCUT2D eigenvalue weighted by Crippen LogP contribution is 2.24. The molecule has 1 aromatic rings. The van der Waals surface area contributed by atoms with E-state index in [1.54, 1.807) is 37.8 Å². The molecule has 0 spiro atoms. The second kappa shape index (κ2) is 15.4. The number of hydrogen-bond donors (Lipinski definition) is 3. The average molecular weight is 605 g/mol.